The Morgan fingerprint density at radius 1 is 1.25 bits per heavy atom. The Morgan fingerprint density at radius 3 is 2.65 bits per heavy atom. The number of carbonyl (C=O) groups is 1. The summed E-state index contributed by atoms with van der Waals surface area (Å²) in [5, 5.41) is 8.78. The van der Waals surface area contributed by atoms with Gasteiger partial charge in [0.05, 0.1) is 0 Å². The van der Waals surface area contributed by atoms with Gasteiger partial charge in [-0.05, 0) is 30.4 Å². The van der Waals surface area contributed by atoms with Gasteiger partial charge in [0.25, 0.3) is 5.56 Å². The highest BCUT2D eigenvalue weighted by Crippen LogP contribution is 2.27. The molecule has 20 heavy (non-hydrogen) atoms. The van der Waals surface area contributed by atoms with Crippen LogP contribution in [0.2, 0.25) is 0 Å². The van der Waals surface area contributed by atoms with E-state index < -0.39 is 11.7 Å². The van der Waals surface area contributed by atoms with Gasteiger partial charge in [0, 0.05) is 12.3 Å². The average molecular weight is 277 g/mol. The first kappa shape index (κ1) is 14.8. The number of rotatable bonds is 5. The molecule has 0 saturated heterocycles. The molecule has 0 aliphatic heterocycles. The van der Waals surface area contributed by atoms with Crippen LogP contribution in [-0.2, 0) is 6.42 Å². The van der Waals surface area contributed by atoms with E-state index in [1.54, 1.807) is 6.07 Å². The van der Waals surface area contributed by atoms with Crippen molar-refractivity contribution < 1.29 is 9.90 Å². The molecule has 4 nitrogen and oxygen atoms in total. The summed E-state index contributed by atoms with van der Waals surface area (Å²) in [6.45, 7) is 0. The number of pyridine rings is 1. The van der Waals surface area contributed by atoms with Crippen LogP contribution in [-0.4, -0.2) is 15.8 Å². The molecule has 1 aromatic rings. The molecule has 0 amide bonds. The fraction of sp³-hybridized carbons (Fsp3) is 0.625. The minimum atomic E-state index is -1.22. The summed E-state index contributed by atoms with van der Waals surface area (Å²) in [6, 6.07) is 3.17. The van der Waals surface area contributed by atoms with Crippen LogP contribution in [0.15, 0.2) is 23.1 Å². The predicted molar refractivity (Wildman–Crippen MR) is 78.3 cm³/mol. The van der Waals surface area contributed by atoms with E-state index in [4.69, 9.17) is 5.11 Å². The Balaban J connectivity index is 1.75. The van der Waals surface area contributed by atoms with Gasteiger partial charge in [-0.3, -0.25) is 4.79 Å². The third-order valence-corrected chi connectivity index (χ3v) is 4.24. The highest BCUT2D eigenvalue weighted by molar-refractivity contribution is 5.67. The van der Waals surface area contributed by atoms with Crippen LogP contribution in [0, 0.1) is 5.92 Å². The topological polar surface area (TPSA) is 59.3 Å². The third-order valence-electron chi connectivity index (χ3n) is 4.24. The van der Waals surface area contributed by atoms with Crippen molar-refractivity contribution in [2.75, 3.05) is 0 Å². The first-order chi connectivity index (χ1) is 9.66. The molecule has 0 bridgehead atoms. The van der Waals surface area contributed by atoms with Crippen molar-refractivity contribution >= 4 is 6.09 Å². The number of aromatic nitrogens is 1. The van der Waals surface area contributed by atoms with E-state index in [1.165, 1.54) is 57.2 Å². The summed E-state index contributed by atoms with van der Waals surface area (Å²) in [5.74, 6) is 0.906. The quantitative estimate of drug-likeness (QED) is 0.835. The first-order valence-corrected chi connectivity index (χ1v) is 7.61. The molecule has 0 spiro atoms. The maximum absolute atomic E-state index is 11.5. The smallest absolute Gasteiger partial charge is 0.418 e. The summed E-state index contributed by atoms with van der Waals surface area (Å²) in [6.07, 6.45) is 11.5. The molecule has 4 heteroatoms. The lowest BCUT2D eigenvalue weighted by Crippen LogP contribution is -2.24. The number of carboxylic acid groups (broad SMARTS) is 1. The van der Waals surface area contributed by atoms with E-state index >= 15 is 0 Å². The molecule has 1 heterocycles. The maximum Gasteiger partial charge on any atom is 0.418 e. The number of nitrogens with zero attached hydrogens (tertiary/aromatic N) is 1. The molecule has 0 unspecified atom stereocenters. The average Bonchev–Trinajstić information content (AvgIpc) is 2.44. The third kappa shape index (κ3) is 4.22. The summed E-state index contributed by atoms with van der Waals surface area (Å²) in [5.41, 5.74) is 0.485. The molecule has 2 rings (SSSR count). The molecule has 0 atom stereocenters. The molecule has 1 N–H and O–H groups in total. The summed E-state index contributed by atoms with van der Waals surface area (Å²) >= 11 is 0. The SMILES string of the molecule is O=C(O)n1ccc(CCCCC2CCCCC2)cc1=O. The van der Waals surface area contributed by atoms with Crippen LogP contribution >= 0.6 is 0 Å². The van der Waals surface area contributed by atoms with E-state index in [1.807, 2.05) is 0 Å². The molecule has 0 aromatic carbocycles. The molecule has 1 aliphatic carbocycles. The number of unbranched alkanes of at least 4 members (excludes halogenated alkanes) is 1. The Morgan fingerprint density at radius 2 is 2.00 bits per heavy atom. The molecular weight excluding hydrogens is 254 g/mol. The second-order valence-corrected chi connectivity index (χ2v) is 5.78. The van der Waals surface area contributed by atoms with Crippen LogP contribution in [0.1, 0.15) is 56.9 Å². The summed E-state index contributed by atoms with van der Waals surface area (Å²) < 4.78 is 0.714. The zero-order valence-corrected chi connectivity index (χ0v) is 11.9. The Labute approximate surface area is 119 Å². The fourth-order valence-corrected chi connectivity index (χ4v) is 3.07. The number of hydrogen-bond acceptors (Lipinski definition) is 2. The lowest BCUT2D eigenvalue weighted by molar-refractivity contribution is 0.195. The molecule has 0 radical (unpaired) electrons. The van der Waals surface area contributed by atoms with Crippen LogP contribution < -0.4 is 5.56 Å². The van der Waals surface area contributed by atoms with E-state index in [2.05, 4.69) is 0 Å². The van der Waals surface area contributed by atoms with Gasteiger partial charge in [-0.1, -0.05) is 44.9 Å². The standard InChI is InChI=1S/C16H23NO3/c18-15-12-14(10-11-17(15)16(19)20)9-5-4-8-13-6-2-1-3-7-13/h10-13H,1-9H2,(H,19,20). The first-order valence-electron chi connectivity index (χ1n) is 7.61. The van der Waals surface area contributed by atoms with Crippen LogP contribution in [0.25, 0.3) is 0 Å². The van der Waals surface area contributed by atoms with Crippen molar-refractivity contribution in [2.45, 2.75) is 57.8 Å². The van der Waals surface area contributed by atoms with Crippen molar-refractivity contribution in [3.05, 3.63) is 34.2 Å². The molecule has 110 valence electrons. The second kappa shape index (κ2) is 7.27. The number of hydrogen-bond donors (Lipinski definition) is 1. The van der Waals surface area contributed by atoms with Crippen LogP contribution in [0.3, 0.4) is 0 Å². The lowest BCUT2D eigenvalue weighted by atomic mass is 9.85. The van der Waals surface area contributed by atoms with Gasteiger partial charge >= 0.3 is 6.09 Å². The van der Waals surface area contributed by atoms with Gasteiger partial charge < -0.3 is 5.11 Å². The normalized spacial score (nSPS) is 16.2. The molecule has 1 fully saturated rings. The van der Waals surface area contributed by atoms with Crippen LogP contribution in [0.5, 0.6) is 0 Å². The van der Waals surface area contributed by atoms with E-state index in [0.29, 0.717) is 4.57 Å². The Kier molecular flexibility index (Phi) is 5.39. The van der Waals surface area contributed by atoms with E-state index in [0.717, 1.165) is 24.3 Å². The van der Waals surface area contributed by atoms with Crippen molar-refractivity contribution in [3.63, 3.8) is 0 Å². The van der Waals surface area contributed by atoms with Gasteiger partial charge in [0.1, 0.15) is 0 Å². The van der Waals surface area contributed by atoms with Crippen molar-refractivity contribution in [1.29, 1.82) is 0 Å². The van der Waals surface area contributed by atoms with Crippen molar-refractivity contribution in [2.24, 2.45) is 5.92 Å². The minimum Gasteiger partial charge on any atom is -0.464 e. The highest BCUT2D eigenvalue weighted by Gasteiger charge is 2.12. The predicted octanol–water partition coefficient (Wildman–Crippen LogP) is 3.67. The van der Waals surface area contributed by atoms with Crippen LogP contribution in [0.4, 0.5) is 4.79 Å². The molecule has 1 aliphatic rings. The summed E-state index contributed by atoms with van der Waals surface area (Å²) in [7, 11) is 0. The van der Waals surface area contributed by atoms with Gasteiger partial charge in [-0.15, -0.1) is 0 Å². The largest absolute Gasteiger partial charge is 0.464 e. The molecule has 1 aromatic heterocycles. The number of aryl methyl sites for hydroxylation is 1. The maximum atomic E-state index is 11.5. The Hall–Kier alpha value is -1.58. The fourth-order valence-electron chi connectivity index (χ4n) is 3.07. The summed E-state index contributed by atoms with van der Waals surface area (Å²) in [4.78, 5) is 22.3. The zero-order chi connectivity index (χ0) is 14.4. The van der Waals surface area contributed by atoms with E-state index in [-0.39, 0.29) is 0 Å². The molecule has 1 saturated carbocycles. The second-order valence-electron chi connectivity index (χ2n) is 5.78. The minimum absolute atomic E-state index is 0.456. The lowest BCUT2D eigenvalue weighted by Gasteiger charge is -2.21. The van der Waals surface area contributed by atoms with Gasteiger partial charge in [0.15, 0.2) is 0 Å². The van der Waals surface area contributed by atoms with Gasteiger partial charge in [-0.25, -0.2) is 9.36 Å². The zero-order valence-electron chi connectivity index (χ0n) is 11.9. The monoisotopic (exact) mass is 277 g/mol. The van der Waals surface area contributed by atoms with Gasteiger partial charge in [0.2, 0.25) is 0 Å². The van der Waals surface area contributed by atoms with Gasteiger partial charge in [-0.2, -0.15) is 0 Å². The Bertz CT molecular complexity index is 501. The van der Waals surface area contributed by atoms with Crippen molar-refractivity contribution in [3.8, 4) is 0 Å². The highest BCUT2D eigenvalue weighted by atomic mass is 16.4. The van der Waals surface area contributed by atoms with E-state index in [9.17, 15) is 9.59 Å². The molecular formula is C16H23NO3. The van der Waals surface area contributed by atoms with Crippen molar-refractivity contribution in [1.82, 2.24) is 4.57 Å².